The fraction of sp³-hybridized carbons (Fsp3) is 0. The summed E-state index contributed by atoms with van der Waals surface area (Å²) in [6.07, 6.45) is 1.46. The Morgan fingerprint density at radius 3 is 2.52 bits per heavy atom. The number of aromatic carboxylic acids is 1. The number of hydrogen-bond donors (Lipinski definition) is 1. The maximum atomic E-state index is 12.2. The van der Waals surface area contributed by atoms with Gasteiger partial charge in [-0.2, -0.15) is 4.98 Å². The van der Waals surface area contributed by atoms with Gasteiger partial charge in [0.2, 0.25) is 5.88 Å². The smallest absolute Gasteiger partial charge is 0.346 e. The van der Waals surface area contributed by atoms with Crippen molar-refractivity contribution < 1.29 is 14.6 Å². The van der Waals surface area contributed by atoms with Gasteiger partial charge in [-0.25, -0.2) is 4.79 Å². The van der Waals surface area contributed by atoms with Crippen LogP contribution in [-0.2, 0) is 0 Å². The van der Waals surface area contributed by atoms with Crippen molar-refractivity contribution in [3.63, 3.8) is 0 Å². The first-order valence-corrected chi connectivity index (χ1v) is 6.14. The number of carboxylic acid groups (broad SMARTS) is 1. The van der Waals surface area contributed by atoms with Crippen LogP contribution in [0.25, 0.3) is 5.65 Å². The van der Waals surface area contributed by atoms with Crippen LogP contribution in [0.4, 0.5) is 0 Å². The van der Waals surface area contributed by atoms with E-state index < -0.39 is 17.1 Å². The van der Waals surface area contributed by atoms with Crippen LogP contribution >= 0.6 is 0 Å². The Labute approximate surface area is 118 Å². The molecular weight excluding hydrogens is 272 g/mol. The first-order valence-electron chi connectivity index (χ1n) is 6.14. The lowest BCUT2D eigenvalue weighted by Gasteiger charge is -2.09. The third-order valence-corrected chi connectivity index (χ3v) is 2.87. The van der Waals surface area contributed by atoms with Gasteiger partial charge in [-0.05, 0) is 24.3 Å². The number of carboxylic acids is 1. The second-order valence-corrected chi connectivity index (χ2v) is 4.25. The molecule has 21 heavy (non-hydrogen) atoms. The van der Waals surface area contributed by atoms with Crippen LogP contribution in [0, 0.1) is 0 Å². The highest BCUT2D eigenvalue weighted by molar-refractivity contribution is 5.90. The Hall–Kier alpha value is -3.15. The summed E-state index contributed by atoms with van der Waals surface area (Å²) in [4.78, 5) is 27.7. The van der Waals surface area contributed by atoms with Crippen molar-refractivity contribution in [1.29, 1.82) is 0 Å². The number of benzene rings is 1. The number of aromatic nitrogens is 2. The topological polar surface area (TPSA) is 80.9 Å². The van der Waals surface area contributed by atoms with E-state index in [1.165, 1.54) is 10.6 Å². The molecule has 0 unspecified atom stereocenters. The highest BCUT2D eigenvalue weighted by Gasteiger charge is 2.21. The Balaban J connectivity index is 2.23. The molecule has 2 aromatic heterocycles. The van der Waals surface area contributed by atoms with Crippen molar-refractivity contribution in [3.05, 3.63) is 70.6 Å². The second kappa shape index (κ2) is 5.09. The van der Waals surface area contributed by atoms with Gasteiger partial charge >= 0.3 is 5.97 Å². The molecule has 1 aromatic carbocycles. The molecule has 0 aliphatic heterocycles. The Morgan fingerprint density at radius 2 is 1.81 bits per heavy atom. The first kappa shape index (κ1) is 12.9. The number of pyridine rings is 1. The predicted molar refractivity (Wildman–Crippen MR) is 74.9 cm³/mol. The SMILES string of the molecule is O=C(O)c1c(Oc2ccccc2)nc2ccccn2c1=O. The van der Waals surface area contributed by atoms with Gasteiger partial charge in [0.05, 0.1) is 0 Å². The van der Waals surface area contributed by atoms with E-state index in [1.807, 2.05) is 0 Å². The molecule has 0 spiro atoms. The molecule has 0 bridgehead atoms. The largest absolute Gasteiger partial charge is 0.477 e. The van der Waals surface area contributed by atoms with Gasteiger partial charge in [0, 0.05) is 6.20 Å². The molecule has 0 amide bonds. The minimum atomic E-state index is -1.38. The van der Waals surface area contributed by atoms with E-state index in [0.717, 1.165) is 0 Å². The van der Waals surface area contributed by atoms with Gasteiger partial charge in [-0.3, -0.25) is 9.20 Å². The quantitative estimate of drug-likeness (QED) is 0.796. The third-order valence-electron chi connectivity index (χ3n) is 2.87. The van der Waals surface area contributed by atoms with E-state index in [0.29, 0.717) is 11.4 Å². The normalized spacial score (nSPS) is 10.5. The van der Waals surface area contributed by atoms with Crippen molar-refractivity contribution in [2.75, 3.05) is 0 Å². The van der Waals surface area contributed by atoms with Gasteiger partial charge in [0.1, 0.15) is 11.4 Å². The minimum absolute atomic E-state index is 0.218. The molecule has 0 atom stereocenters. The fourth-order valence-electron chi connectivity index (χ4n) is 1.93. The van der Waals surface area contributed by atoms with Crippen LogP contribution in [0.2, 0.25) is 0 Å². The van der Waals surface area contributed by atoms with Crippen molar-refractivity contribution in [2.24, 2.45) is 0 Å². The van der Waals surface area contributed by atoms with Gasteiger partial charge in [0.15, 0.2) is 5.56 Å². The van der Waals surface area contributed by atoms with Gasteiger partial charge in [0.25, 0.3) is 5.56 Å². The Morgan fingerprint density at radius 1 is 1.10 bits per heavy atom. The molecule has 2 heterocycles. The number of ether oxygens (including phenoxy) is 1. The van der Waals surface area contributed by atoms with Gasteiger partial charge in [-0.15, -0.1) is 0 Å². The van der Waals surface area contributed by atoms with E-state index in [2.05, 4.69) is 4.98 Å². The zero-order valence-corrected chi connectivity index (χ0v) is 10.8. The van der Waals surface area contributed by atoms with Crippen molar-refractivity contribution in [2.45, 2.75) is 0 Å². The summed E-state index contributed by atoms with van der Waals surface area (Å²) in [5.74, 6) is -1.19. The first-order chi connectivity index (χ1) is 10.2. The van der Waals surface area contributed by atoms with Crippen molar-refractivity contribution in [3.8, 4) is 11.6 Å². The molecule has 0 saturated heterocycles. The summed E-state index contributed by atoms with van der Waals surface area (Å²) in [5, 5.41) is 9.25. The van der Waals surface area contributed by atoms with Gasteiger partial charge < -0.3 is 9.84 Å². The predicted octanol–water partition coefficient (Wildman–Crippen LogP) is 2.18. The maximum Gasteiger partial charge on any atom is 0.346 e. The molecule has 6 nitrogen and oxygen atoms in total. The van der Waals surface area contributed by atoms with Crippen LogP contribution in [-0.4, -0.2) is 20.5 Å². The summed E-state index contributed by atoms with van der Waals surface area (Å²) < 4.78 is 6.62. The molecule has 104 valence electrons. The molecule has 0 fully saturated rings. The number of fused-ring (bicyclic) bond motifs is 1. The fourth-order valence-corrected chi connectivity index (χ4v) is 1.93. The molecule has 6 heteroatoms. The van der Waals surface area contributed by atoms with Crippen LogP contribution in [0.15, 0.2) is 59.5 Å². The van der Waals surface area contributed by atoms with Crippen LogP contribution in [0.5, 0.6) is 11.6 Å². The molecular formula is C15H10N2O4. The van der Waals surface area contributed by atoms with Crippen LogP contribution in [0.3, 0.4) is 0 Å². The summed E-state index contributed by atoms with van der Waals surface area (Å²) in [7, 11) is 0. The highest BCUT2D eigenvalue weighted by Crippen LogP contribution is 2.21. The molecule has 3 rings (SSSR count). The Bertz CT molecular complexity index is 872. The number of nitrogens with zero attached hydrogens (tertiary/aromatic N) is 2. The van der Waals surface area contributed by atoms with E-state index in [-0.39, 0.29) is 5.88 Å². The Kier molecular flexibility index (Phi) is 3.12. The molecule has 0 saturated carbocycles. The molecule has 0 radical (unpaired) electrons. The van der Waals surface area contributed by atoms with Crippen LogP contribution in [0.1, 0.15) is 10.4 Å². The third kappa shape index (κ3) is 2.34. The van der Waals surface area contributed by atoms with E-state index in [1.54, 1.807) is 48.5 Å². The zero-order valence-electron chi connectivity index (χ0n) is 10.8. The lowest BCUT2D eigenvalue weighted by molar-refractivity contribution is 0.0691. The number of rotatable bonds is 3. The molecule has 1 N–H and O–H groups in total. The summed E-state index contributed by atoms with van der Waals surface area (Å²) in [6, 6.07) is 13.5. The number of carbonyl (C=O) groups is 1. The van der Waals surface area contributed by atoms with E-state index >= 15 is 0 Å². The molecule has 0 aliphatic rings. The molecule has 0 aliphatic carbocycles. The minimum Gasteiger partial charge on any atom is -0.477 e. The maximum absolute atomic E-state index is 12.2. The van der Waals surface area contributed by atoms with E-state index in [4.69, 9.17) is 4.74 Å². The average molecular weight is 282 g/mol. The number of para-hydroxylation sites is 1. The second-order valence-electron chi connectivity index (χ2n) is 4.25. The summed E-state index contributed by atoms with van der Waals surface area (Å²) in [6.45, 7) is 0. The summed E-state index contributed by atoms with van der Waals surface area (Å²) in [5.41, 5.74) is -0.861. The van der Waals surface area contributed by atoms with Gasteiger partial charge in [-0.1, -0.05) is 24.3 Å². The lowest BCUT2D eigenvalue weighted by Crippen LogP contribution is -2.24. The highest BCUT2D eigenvalue weighted by atomic mass is 16.5. The lowest BCUT2D eigenvalue weighted by atomic mass is 10.3. The van der Waals surface area contributed by atoms with Crippen molar-refractivity contribution >= 4 is 11.6 Å². The number of hydrogen-bond acceptors (Lipinski definition) is 4. The monoisotopic (exact) mass is 282 g/mol. The zero-order chi connectivity index (χ0) is 14.8. The van der Waals surface area contributed by atoms with Crippen molar-refractivity contribution in [1.82, 2.24) is 9.38 Å². The molecule has 3 aromatic rings. The van der Waals surface area contributed by atoms with Crippen LogP contribution < -0.4 is 10.3 Å². The average Bonchev–Trinajstić information content (AvgIpc) is 2.48. The summed E-state index contributed by atoms with van der Waals surface area (Å²) >= 11 is 0. The standard InChI is InChI=1S/C15H10N2O4/c18-14-12(15(19)20)13(21-10-6-2-1-3-7-10)16-11-8-4-5-9-17(11)14/h1-9H,(H,19,20). The van der Waals surface area contributed by atoms with E-state index in [9.17, 15) is 14.7 Å².